The van der Waals surface area contributed by atoms with Crippen LogP contribution in [0.1, 0.15) is 50.2 Å². The van der Waals surface area contributed by atoms with E-state index in [0.29, 0.717) is 26.1 Å². The number of rotatable bonds is 13. The Kier molecular flexibility index (Phi) is 10.2. The van der Waals surface area contributed by atoms with Crippen molar-refractivity contribution in [1.82, 2.24) is 4.31 Å². The van der Waals surface area contributed by atoms with Gasteiger partial charge in [-0.2, -0.15) is 4.31 Å². The van der Waals surface area contributed by atoms with Crippen molar-refractivity contribution in [3.63, 3.8) is 0 Å². The first-order chi connectivity index (χ1) is 14.8. The maximum Gasteiger partial charge on any atom is 0.305 e. The number of nitrogens with zero attached hydrogens (tertiary/aromatic N) is 1. The van der Waals surface area contributed by atoms with Gasteiger partial charge in [-0.3, -0.25) is 4.79 Å². The summed E-state index contributed by atoms with van der Waals surface area (Å²) in [6, 6.07) is 15.5. The SMILES string of the molecule is CCOC(=O)CCCCCCN(Cc1ccc(-c2ccccc2CO)cc1)S(C)(=O)=O. The number of benzene rings is 2. The summed E-state index contributed by atoms with van der Waals surface area (Å²) in [5.41, 5.74) is 3.73. The van der Waals surface area contributed by atoms with Gasteiger partial charge in [0.2, 0.25) is 10.0 Å². The molecule has 0 amide bonds. The molecule has 0 aromatic heterocycles. The zero-order chi connectivity index (χ0) is 22.7. The second kappa shape index (κ2) is 12.6. The van der Waals surface area contributed by atoms with Crippen LogP contribution in [0.25, 0.3) is 11.1 Å². The lowest BCUT2D eigenvalue weighted by Gasteiger charge is -2.20. The normalized spacial score (nSPS) is 11.6. The van der Waals surface area contributed by atoms with Gasteiger partial charge >= 0.3 is 5.97 Å². The predicted octanol–water partition coefficient (Wildman–Crippen LogP) is 4.12. The molecule has 0 aliphatic carbocycles. The molecule has 1 N–H and O–H groups in total. The fourth-order valence-electron chi connectivity index (χ4n) is 3.44. The van der Waals surface area contributed by atoms with E-state index in [0.717, 1.165) is 47.9 Å². The van der Waals surface area contributed by atoms with Crippen molar-refractivity contribution >= 4 is 16.0 Å². The Bertz CT molecular complexity index is 925. The van der Waals surface area contributed by atoms with E-state index >= 15 is 0 Å². The lowest BCUT2D eigenvalue weighted by atomic mass is 9.99. The van der Waals surface area contributed by atoms with Gasteiger partial charge in [0.05, 0.1) is 19.5 Å². The van der Waals surface area contributed by atoms with E-state index in [1.165, 1.54) is 10.6 Å². The number of carbonyl (C=O) groups is 1. The molecule has 2 aromatic carbocycles. The molecule has 0 atom stereocenters. The maximum absolute atomic E-state index is 12.2. The monoisotopic (exact) mass is 447 g/mol. The van der Waals surface area contributed by atoms with Crippen LogP contribution in [0.4, 0.5) is 0 Å². The second-order valence-corrected chi connectivity index (χ2v) is 9.56. The summed E-state index contributed by atoms with van der Waals surface area (Å²) in [6.45, 7) is 2.94. The molecule has 0 bridgehead atoms. The quantitative estimate of drug-likeness (QED) is 0.369. The highest BCUT2D eigenvalue weighted by Crippen LogP contribution is 2.24. The van der Waals surface area contributed by atoms with Crippen molar-refractivity contribution < 1.29 is 23.1 Å². The van der Waals surface area contributed by atoms with Crippen LogP contribution in [0.15, 0.2) is 48.5 Å². The maximum atomic E-state index is 12.2. The molecular formula is C24H33NO5S. The van der Waals surface area contributed by atoms with E-state index in [1.54, 1.807) is 6.92 Å². The van der Waals surface area contributed by atoms with Crippen molar-refractivity contribution in [3.05, 3.63) is 59.7 Å². The second-order valence-electron chi connectivity index (χ2n) is 7.58. The fourth-order valence-corrected chi connectivity index (χ4v) is 4.28. The Morgan fingerprint density at radius 3 is 2.32 bits per heavy atom. The number of sulfonamides is 1. The van der Waals surface area contributed by atoms with Gasteiger partial charge in [0.1, 0.15) is 0 Å². The van der Waals surface area contributed by atoms with Crippen molar-refractivity contribution in [2.24, 2.45) is 0 Å². The molecule has 0 aliphatic heterocycles. The molecule has 0 unspecified atom stereocenters. The highest BCUT2D eigenvalue weighted by molar-refractivity contribution is 7.88. The van der Waals surface area contributed by atoms with E-state index < -0.39 is 10.0 Å². The number of hydrogen-bond donors (Lipinski definition) is 1. The first kappa shape index (κ1) is 25.0. The third-order valence-electron chi connectivity index (χ3n) is 5.12. The molecule has 0 aliphatic rings. The third-order valence-corrected chi connectivity index (χ3v) is 6.37. The first-order valence-electron chi connectivity index (χ1n) is 10.7. The molecular weight excluding hydrogens is 414 g/mol. The molecule has 0 heterocycles. The lowest BCUT2D eigenvalue weighted by molar-refractivity contribution is -0.143. The van der Waals surface area contributed by atoms with E-state index in [4.69, 9.17) is 4.74 Å². The number of esters is 1. The van der Waals surface area contributed by atoms with Crippen LogP contribution < -0.4 is 0 Å². The van der Waals surface area contributed by atoms with Gasteiger partial charge in [-0.05, 0) is 42.0 Å². The van der Waals surface area contributed by atoms with Crippen molar-refractivity contribution in [2.75, 3.05) is 19.4 Å². The minimum atomic E-state index is -3.32. The topological polar surface area (TPSA) is 83.9 Å². The standard InChI is InChI=1S/C24H33NO5S/c1-3-30-24(27)12-6-4-5-9-17-25(31(2,28)29)18-20-13-15-21(16-14-20)23-11-8-7-10-22(23)19-26/h7-8,10-11,13-16,26H,3-6,9,12,17-19H2,1-2H3. The minimum absolute atomic E-state index is 0.0282. The molecule has 7 heteroatoms. The van der Waals surface area contributed by atoms with Gasteiger partial charge in [-0.25, -0.2) is 8.42 Å². The summed E-state index contributed by atoms with van der Waals surface area (Å²) in [7, 11) is -3.32. The van der Waals surface area contributed by atoms with E-state index in [2.05, 4.69) is 0 Å². The summed E-state index contributed by atoms with van der Waals surface area (Å²) in [5.74, 6) is -0.176. The summed E-state index contributed by atoms with van der Waals surface area (Å²) in [5, 5.41) is 9.53. The highest BCUT2D eigenvalue weighted by Gasteiger charge is 2.17. The van der Waals surface area contributed by atoms with Crippen LogP contribution >= 0.6 is 0 Å². The smallest absolute Gasteiger partial charge is 0.305 e. The van der Waals surface area contributed by atoms with Crippen LogP contribution in [0.3, 0.4) is 0 Å². The van der Waals surface area contributed by atoms with Crippen LogP contribution in [-0.2, 0) is 32.7 Å². The Hall–Kier alpha value is -2.22. The molecule has 0 spiro atoms. The van der Waals surface area contributed by atoms with Gasteiger partial charge < -0.3 is 9.84 Å². The van der Waals surface area contributed by atoms with Crippen molar-refractivity contribution in [2.45, 2.75) is 52.2 Å². The van der Waals surface area contributed by atoms with E-state index in [-0.39, 0.29) is 12.6 Å². The number of carbonyl (C=O) groups excluding carboxylic acids is 1. The van der Waals surface area contributed by atoms with Gasteiger partial charge in [-0.15, -0.1) is 0 Å². The Labute approximate surface area is 185 Å². The molecule has 0 radical (unpaired) electrons. The summed E-state index contributed by atoms with van der Waals surface area (Å²) in [4.78, 5) is 11.3. The molecule has 6 nitrogen and oxygen atoms in total. The molecule has 0 fully saturated rings. The van der Waals surface area contributed by atoms with Crippen LogP contribution in [-0.4, -0.2) is 43.2 Å². The molecule has 31 heavy (non-hydrogen) atoms. The molecule has 0 saturated carbocycles. The predicted molar refractivity (Wildman–Crippen MR) is 123 cm³/mol. The molecule has 170 valence electrons. The van der Waals surface area contributed by atoms with Crippen molar-refractivity contribution in [1.29, 1.82) is 0 Å². The highest BCUT2D eigenvalue weighted by atomic mass is 32.2. The summed E-state index contributed by atoms with van der Waals surface area (Å²) >= 11 is 0. The van der Waals surface area contributed by atoms with Gasteiger partial charge in [0, 0.05) is 19.5 Å². The number of aliphatic hydroxyl groups is 1. The Morgan fingerprint density at radius 1 is 1.00 bits per heavy atom. The van der Waals surface area contributed by atoms with Crippen LogP contribution in [0.2, 0.25) is 0 Å². The largest absolute Gasteiger partial charge is 0.466 e. The average Bonchev–Trinajstić information content (AvgIpc) is 2.75. The van der Waals surface area contributed by atoms with E-state index in [1.807, 2.05) is 48.5 Å². The third kappa shape index (κ3) is 8.44. The average molecular weight is 448 g/mol. The van der Waals surface area contributed by atoms with Crippen LogP contribution in [0.5, 0.6) is 0 Å². The number of unbranched alkanes of at least 4 members (excludes halogenated alkanes) is 3. The zero-order valence-electron chi connectivity index (χ0n) is 18.4. The fraction of sp³-hybridized carbons (Fsp3) is 0.458. The molecule has 0 saturated heterocycles. The number of aliphatic hydroxyl groups excluding tert-OH is 1. The van der Waals surface area contributed by atoms with E-state index in [9.17, 15) is 18.3 Å². The first-order valence-corrected chi connectivity index (χ1v) is 12.6. The van der Waals surface area contributed by atoms with Crippen LogP contribution in [0, 0.1) is 0 Å². The minimum Gasteiger partial charge on any atom is -0.466 e. The Balaban J connectivity index is 1.90. The summed E-state index contributed by atoms with van der Waals surface area (Å²) < 4.78 is 30.9. The van der Waals surface area contributed by atoms with Gasteiger partial charge in [0.25, 0.3) is 0 Å². The van der Waals surface area contributed by atoms with Gasteiger partial charge in [-0.1, -0.05) is 61.4 Å². The molecule has 2 rings (SSSR count). The van der Waals surface area contributed by atoms with Gasteiger partial charge in [0.15, 0.2) is 0 Å². The summed E-state index contributed by atoms with van der Waals surface area (Å²) in [6.07, 6.45) is 4.89. The number of hydrogen-bond acceptors (Lipinski definition) is 5. The number of ether oxygens (including phenoxy) is 1. The Morgan fingerprint density at radius 2 is 1.68 bits per heavy atom. The van der Waals surface area contributed by atoms with Crippen molar-refractivity contribution in [3.8, 4) is 11.1 Å². The lowest BCUT2D eigenvalue weighted by Crippen LogP contribution is -2.30. The molecule has 2 aromatic rings. The zero-order valence-corrected chi connectivity index (χ0v) is 19.2.